The number of hydrogen-bond acceptors (Lipinski definition) is 5. The minimum absolute atomic E-state index is 0.128. The molecule has 1 aromatic heterocycles. The van der Waals surface area contributed by atoms with E-state index in [1.54, 1.807) is 12.1 Å². The molecule has 0 saturated heterocycles. The lowest BCUT2D eigenvalue weighted by molar-refractivity contribution is -0.116. The number of amides is 1. The first-order chi connectivity index (χ1) is 14.6. The lowest BCUT2D eigenvalue weighted by Crippen LogP contribution is -2.41. The van der Waals surface area contributed by atoms with Gasteiger partial charge in [0.15, 0.2) is 5.82 Å². The molecule has 2 aromatic carbocycles. The van der Waals surface area contributed by atoms with Gasteiger partial charge in [-0.15, -0.1) is 10.2 Å². The van der Waals surface area contributed by atoms with Gasteiger partial charge in [0.2, 0.25) is 11.1 Å². The van der Waals surface area contributed by atoms with Crippen LogP contribution < -0.4 is 10.7 Å². The highest BCUT2D eigenvalue weighted by Crippen LogP contribution is 2.38. The second-order valence-corrected chi connectivity index (χ2v) is 8.71. The van der Waals surface area contributed by atoms with Gasteiger partial charge in [0.25, 0.3) is 0 Å². The molecule has 8 heteroatoms. The van der Waals surface area contributed by atoms with Crippen LogP contribution in [0.3, 0.4) is 0 Å². The highest BCUT2D eigenvalue weighted by atomic mass is 35.5. The van der Waals surface area contributed by atoms with Gasteiger partial charge in [-0.1, -0.05) is 73.6 Å². The summed E-state index contributed by atoms with van der Waals surface area (Å²) in [6.45, 7) is 4.24. The Labute approximate surface area is 185 Å². The maximum atomic E-state index is 13.3. The lowest BCUT2D eigenvalue weighted by atomic mass is 10.0. The molecule has 0 aliphatic carbocycles. The number of thioether (sulfide) groups is 1. The maximum Gasteiger partial charge on any atom is 0.240 e. The molecule has 1 aliphatic heterocycles. The summed E-state index contributed by atoms with van der Waals surface area (Å²) in [6, 6.07) is 15.4. The highest BCUT2D eigenvalue weighted by molar-refractivity contribution is 8.00. The van der Waals surface area contributed by atoms with Crippen LogP contribution in [-0.2, 0) is 17.6 Å². The number of aryl methyl sites for hydroxylation is 2. The first-order valence-corrected chi connectivity index (χ1v) is 11.4. The lowest BCUT2D eigenvalue weighted by Gasteiger charge is -2.33. The van der Waals surface area contributed by atoms with Gasteiger partial charge in [0.05, 0.1) is 16.8 Å². The normalized spacial score (nSPS) is 17.8. The molecule has 0 radical (unpaired) electrons. The molecule has 2 atom stereocenters. The molecular formula is C22H24ClN5OS. The molecule has 3 aromatic rings. The van der Waals surface area contributed by atoms with Crippen LogP contribution in [0.1, 0.15) is 43.3 Å². The molecule has 2 heterocycles. The predicted molar refractivity (Wildman–Crippen MR) is 122 cm³/mol. The molecular weight excluding hydrogens is 418 g/mol. The minimum Gasteiger partial charge on any atom is -0.324 e. The molecule has 0 saturated carbocycles. The van der Waals surface area contributed by atoms with E-state index in [2.05, 4.69) is 59.1 Å². The summed E-state index contributed by atoms with van der Waals surface area (Å²) in [4.78, 5) is 13.3. The summed E-state index contributed by atoms with van der Waals surface area (Å²) in [5.74, 6) is 0.747. The molecule has 156 valence electrons. The number of aromatic nitrogens is 3. The van der Waals surface area contributed by atoms with Gasteiger partial charge in [0, 0.05) is 6.42 Å². The Bertz CT molecular complexity index is 1040. The first-order valence-electron chi connectivity index (χ1n) is 10.1. The van der Waals surface area contributed by atoms with Crippen molar-refractivity contribution in [3.8, 4) is 0 Å². The van der Waals surface area contributed by atoms with Gasteiger partial charge in [-0.05, 0) is 36.1 Å². The summed E-state index contributed by atoms with van der Waals surface area (Å²) in [7, 11) is 0. The van der Waals surface area contributed by atoms with E-state index in [0.717, 1.165) is 30.7 Å². The van der Waals surface area contributed by atoms with E-state index in [1.165, 1.54) is 17.3 Å². The van der Waals surface area contributed by atoms with Crippen LogP contribution in [-0.4, -0.2) is 26.0 Å². The second-order valence-electron chi connectivity index (χ2n) is 7.19. The largest absolute Gasteiger partial charge is 0.324 e. The Morgan fingerprint density at radius 1 is 1.17 bits per heavy atom. The number of anilines is 1. The van der Waals surface area contributed by atoms with Crippen LogP contribution in [0.25, 0.3) is 0 Å². The van der Waals surface area contributed by atoms with Crippen molar-refractivity contribution in [3.63, 3.8) is 0 Å². The average Bonchev–Trinajstić information content (AvgIpc) is 3.16. The smallest absolute Gasteiger partial charge is 0.240 e. The van der Waals surface area contributed by atoms with E-state index >= 15 is 0 Å². The Morgan fingerprint density at radius 3 is 2.63 bits per heavy atom. The first kappa shape index (κ1) is 20.8. The third-order valence-corrected chi connectivity index (χ3v) is 6.66. The zero-order valence-electron chi connectivity index (χ0n) is 16.9. The third kappa shape index (κ3) is 4.18. The van der Waals surface area contributed by atoms with Gasteiger partial charge < -0.3 is 10.7 Å². The fourth-order valence-electron chi connectivity index (χ4n) is 3.46. The number of nitrogens with one attached hydrogen (secondary N) is 2. The van der Waals surface area contributed by atoms with E-state index in [0.29, 0.717) is 15.9 Å². The number of rotatable bonds is 6. The van der Waals surface area contributed by atoms with Gasteiger partial charge in [0.1, 0.15) is 5.25 Å². The quantitative estimate of drug-likeness (QED) is 0.572. The number of para-hydroxylation sites is 1. The third-order valence-electron chi connectivity index (χ3n) is 5.11. The average molecular weight is 442 g/mol. The van der Waals surface area contributed by atoms with Crippen molar-refractivity contribution in [2.45, 2.75) is 49.6 Å². The molecule has 1 amide bonds. The zero-order valence-corrected chi connectivity index (χ0v) is 18.5. The fourth-order valence-corrected chi connectivity index (χ4v) is 4.74. The Morgan fingerprint density at radius 2 is 1.93 bits per heavy atom. The van der Waals surface area contributed by atoms with E-state index in [1.807, 2.05) is 16.8 Å². The summed E-state index contributed by atoms with van der Waals surface area (Å²) in [6.07, 6.45) is 2.76. The number of nitrogens with zero attached hydrogens (tertiary/aromatic N) is 3. The van der Waals surface area contributed by atoms with Crippen LogP contribution in [0.5, 0.6) is 0 Å². The van der Waals surface area contributed by atoms with E-state index in [-0.39, 0.29) is 11.9 Å². The van der Waals surface area contributed by atoms with E-state index in [4.69, 9.17) is 11.6 Å². The fraction of sp³-hybridized carbons (Fsp3) is 0.318. The molecule has 2 N–H and O–H groups in total. The molecule has 1 aliphatic rings. The number of hydrogen-bond donors (Lipinski definition) is 2. The standard InChI is InChI=1S/C22H24ClN5OS/c1-3-7-18-25-26-22-28(18)27-19(15-12-10-14(4-2)11-13-15)20(30-22)21(29)24-17-9-6-5-8-16(17)23/h5-6,8-13,19-20,27H,3-4,7H2,1-2H3,(H,24,29)/t19-,20+/m0/s1. The highest BCUT2D eigenvalue weighted by Gasteiger charge is 2.37. The van der Waals surface area contributed by atoms with Crippen molar-refractivity contribution in [2.24, 2.45) is 0 Å². The maximum absolute atomic E-state index is 13.3. The van der Waals surface area contributed by atoms with Crippen LogP contribution in [0, 0.1) is 0 Å². The van der Waals surface area contributed by atoms with Gasteiger partial charge in [-0.2, -0.15) is 0 Å². The molecule has 30 heavy (non-hydrogen) atoms. The van der Waals surface area contributed by atoms with Crippen molar-refractivity contribution in [2.75, 3.05) is 10.7 Å². The van der Waals surface area contributed by atoms with E-state index in [9.17, 15) is 4.79 Å². The number of carbonyl (C=O) groups is 1. The monoisotopic (exact) mass is 441 g/mol. The summed E-state index contributed by atoms with van der Waals surface area (Å²) in [5, 5.41) is 12.4. The second kappa shape index (κ2) is 9.10. The van der Waals surface area contributed by atoms with Gasteiger partial charge in [-0.3, -0.25) is 4.79 Å². The SMILES string of the molecule is CCCc1nnc2n1N[C@@H](c1ccc(CC)cc1)[C@H](C(=O)Nc1ccccc1Cl)S2. The molecule has 0 spiro atoms. The van der Waals surface area contributed by atoms with Crippen molar-refractivity contribution >= 4 is 35.0 Å². The Hall–Kier alpha value is -2.51. The molecule has 4 rings (SSSR count). The Balaban J connectivity index is 1.67. The van der Waals surface area contributed by atoms with E-state index < -0.39 is 5.25 Å². The summed E-state index contributed by atoms with van der Waals surface area (Å²) in [5.41, 5.74) is 6.40. The van der Waals surface area contributed by atoms with Crippen molar-refractivity contribution in [1.29, 1.82) is 0 Å². The number of fused-ring (bicyclic) bond motifs is 1. The topological polar surface area (TPSA) is 71.8 Å². The number of carbonyl (C=O) groups excluding carboxylic acids is 1. The zero-order chi connectivity index (χ0) is 21.1. The predicted octanol–water partition coefficient (Wildman–Crippen LogP) is 4.84. The van der Waals surface area contributed by atoms with Crippen LogP contribution in [0.15, 0.2) is 53.7 Å². The summed E-state index contributed by atoms with van der Waals surface area (Å²) < 4.78 is 1.92. The summed E-state index contributed by atoms with van der Waals surface area (Å²) >= 11 is 7.67. The van der Waals surface area contributed by atoms with Gasteiger partial charge >= 0.3 is 0 Å². The van der Waals surface area contributed by atoms with Crippen molar-refractivity contribution in [1.82, 2.24) is 14.9 Å². The molecule has 0 fully saturated rings. The molecule has 0 bridgehead atoms. The molecule has 6 nitrogen and oxygen atoms in total. The van der Waals surface area contributed by atoms with Gasteiger partial charge in [-0.25, -0.2) is 4.68 Å². The minimum atomic E-state index is -0.431. The number of halogens is 1. The number of benzene rings is 2. The van der Waals surface area contributed by atoms with Crippen LogP contribution >= 0.6 is 23.4 Å². The molecule has 0 unspecified atom stereocenters. The van der Waals surface area contributed by atoms with Crippen LogP contribution in [0.2, 0.25) is 5.02 Å². The Kier molecular flexibility index (Phi) is 6.29. The van der Waals surface area contributed by atoms with Crippen molar-refractivity contribution < 1.29 is 4.79 Å². The van der Waals surface area contributed by atoms with Crippen LogP contribution in [0.4, 0.5) is 5.69 Å². The van der Waals surface area contributed by atoms with Crippen molar-refractivity contribution in [3.05, 3.63) is 70.5 Å².